The Kier molecular flexibility index (Phi) is 6.67. The minimum Gasteiger partial charge on any atom is -0.497 e. The van der Waals surface area contributed by atoms with E-state index in [2.05, 4.69) is 6.92 Å². The number of nitrogens with zero attached hydrogens (tertiary/aromatic N) is 3. The van der Waals surface area contributed by atoms with Crippen LogP contribution in [0.5, 0.6) is 5.75 Å². The Labute approximate surface area is 190 Å². The molecule has 0 bridgehead atoms. The fourth-order valence-corrected chi connectivity index (χ4v) is 6.15. The highest BCUT2D eigenvalue weighted by molar-refractivity contribution is 7.99. The molecule has 0 unspecified atom stereocenters. The summed E-state index contributed by atoms with van der Waals surface area (Å²) in [6.07, 6.45) is 4.08. The van der Waals surface area contributed by atoms with Gasteiger partial charge in [0.05, 0.1) is 23.9 Å². The number of aryl methyl sites for hydroxylation is 2. The number of likely N-dealkylation sites (tertiary alicyclic amines) is 1. The van der Waals surface area contributed by atoms with E-state index in [-0.39, 0.29) is 17.2 Å². The molecule has 0 radical (unpaired) electrons. The number of methoxy groups -OCH3 is 1. The average Bonchev–Trinajstić information content (AvgIpc) is 3.42. The third kappa shape index (κ3) is 4.36. The molecule has 1 amide bonds. The van der Waals surface area contributed by atoms with Crippen LogP contribution in [0.1, 0.15) is 36.6 Å². The van der Waals surface area contributed by atoms with Gasteiger partial charge < -0.3 is 9.64 Å². The van der Waals surface area contributed by atoms with Crippen LogP contribution in [-0.4, -0.2) is 46.3 Å². The van der Waals surface area contributed by atoms with Crippen molar-refractivity contribution in [1.29, 1.82) is 0 Å². The highest BCUT2D eigenvalue weighted by Crippen LogP contribution is 2.31. The summed E-state index contributed by atoms with van der Waals surface area (Å²) in [6.45, 7) is 5.79. The molecule has 1 aromatic carbocycles. The molecular weight excluding hydrogens is 430 g/mol. The normalized spacial score (nSPS) is 13.8. The average molecular weight is 458 g/mol. The maximum atomic E-state index is 13.6. The van der Waals surface area contributed by atoms with Gasteiger partial charge in [-0.3, -0.25) is 14.2 Å². The zero-order valence-electron chi connectivity index (χ0n) is 18.1. The number of carbonyl (C=O) groups excluding carboxylic acids is 1. The van der Waals surface area contributed by atoms with Crippen LogP contribution in [0.25, 0.3) is 15.9 Å². The van der Waals surface area contributed by atoms with E-state index in [0.717, 1.165) is 60.6 Å². The number of thiophene rings is 1. The van der Waals surface area contributed by atoms with Crippen molar-refractivity contribution < 1.29 is 9.53 Å². The predicted molar refractivity (Wildman–Crippen MR) is 127 cm³/mol. The van der Waals surface area contributed by atoms with Crippen LogP contribution in [0.2, 0.25) is 0 Å². The first-order valence-electron chi connectivity index (χ1n) is 10.6. The largest absolute Gasteiger partial charge is 0.497 e. The molecule has 1 aliphatic rings. The molecule has 3 heterocycles. The van der Waals surface area contributed by atoms with Crippen molar-refractivity contribution in [2.24, 2.45) is 0 Å². The summed E-state index contributed by atoms with van der Waals surface area (Å²) in [4.78, 5) is 35.0. The highest BCUT2D eigenvalue weighted by Gasteiger charge is 2.22. The Morgan fingerprint density at radius 1 is 1.23 bits per heavy atom. The molecule has 6 nitrogen and oxygen atoms in total. The standard InChI is InChI=1S/C23H27N3O3S2/c1-4-7-18-15(2)20-21(31-18)24-23(30-14-19(27)25-12-5-6-13-25)26(22(20)28)16-8-10-17(29-3)11-9-16/h8-11H,4-7,12-14H2,1-3H3. The first-order chi connectivity index (χ1) is 15.0. The Morgan fingerprint density at radius 3 is 2.58 bits per heavy atom. The topological polar surface area (TPSA) is 64.4 Å². The van der Waals surface area contributed by atoms with E-state index in [1.54, 1.807) is 23.0 Å². The molecule has 1 saturated heterocycles. The summed E-state index contributed by atoms with van der Waals surface area (Å²) in [5.74, 6) is 1.11. The Hall–Kier alpha value is -2.32. The van der Waals surface area contributed by atoms with Crippen LogP contribution in [0.3, 0.4) is 0 Å². The van der Waals surface area contributed by atoms with E-state index in [1.165, 1.54) is 16.6 Å². The third-order valence-electron chi connectivity index (χ3n) is 5.62. The molecule has 0 spiro atoms. The molecule has 31 heavy (non-hydrogen) atoms. The number of benzene rings is 1. The molecule has 1 aliphatic heterocycles. The molecule has 4 rings (SSSR count). The van der Waals surface area contributed by atoms with Gasteiger partial charge in [0.2, 0.25) is 5.91 Å². The number of hydrogen-bond donors (Lipinski definition) is 0. The lowest BCUT2D eigenvalue weighted by Crippen LogP contribution is -2.29. The number of hydrogen-bond acceptors (Lipinski definition) is 6. The number of rotatable bonds is 7. The summed E-state index contributed by atoms with van der Waals surface area (Å²) in [5.41, 5.74) is 1.66. The van der Waals surface area contributed by atoms with Crippen LogP contribution >= 0.6 is 23.1 Å². The maximum Gasteiger partial charge on any atom is 0.267 e. The van der Waals surface area contributed by atoms with Crippen molar-refractivity contribution in [3.63, 3.8) is 0 Å². The van der Waals surface area contributed by atoms with E-state index in [9.17, 15) is 9.59 Å². The van der Waals surface area contributed by atoms with Crippen molar-refractivity contribution >= 4 is 39.2 Å². The molecule has 0 saturated carbocycles. The summed E-state index contributed by atoms with van der Waals surface area (Å²) in [6, 6.07) is 7.38. The van der Waals surface area contributed by atoms with E-state index < -0.39 is 0 Å². The fraction of sp³-hybridized carbons (Fsp3) is 0.435. The molecule has 0 aliphatic carbocycles. The molecule has 164 valence electrons. The lowest BCUT2D eigenvalue weighted by atomic mass is 10.1. The Bertz CT molecular complexity index is 1150. The number of thioether (sulfide) groups is 1. The van der Waals surface area contributed by atoms with Gasteiger partial charge in [-0.05, 0) is 56.0 Å². The Balaban J connectivity index is 1.79. The predicted octanol–water partition coefficient (Wildman–Crippen LogP) is 4.43. The van der Waals surface area contributed by atoms with E-state index in [4.69, 9.17) is 9.72 Å². The first kappa shape index (κ1) is 21.9. The van der Waals surface area contributed by atoms with Crippen LogP contribution < -0.4 is 10.3 Å². The Morgan fingerprint density at radius 2 is 1.94 bits per heavy atom. The van der Waals surface area contributed by atoms with Gasteiger partial charge in [0.1, 0.15) is 10.6 Å². The van der Waals surface area contributed by atoms with Crippen molar-refractivity contribution in [2.45, 2.75) is 44.7 Å². The van der Waals surface area contributed by atoms with Crippen LogP contribution in [0.15, 0.2) is 34.2 Å². The van der Waals surface area contributed by atoms with Crippen molar-refractivity contribution in [1.82, 2.24) is 14.5 Å². The fourth-order valence-electron chi connectivity index (χ4n) is 3.92. The summed E-state index contributed by atoms with van der Waals surface area (Å²) >= 11 is 2.93. The molecule has 2 aromatic heterocycles. The molecule has 8 heteroatoms. The lowest BCUT2D eigenvalue weighted by Gasteiger charge is -2.16. The summed E-state index contributed by atoms with van der Waals surface area (Å²) in [7, 11) is 1.62. The minimum absolute atomic E-state index is 0.0811. The van der Waals surface area contributed by atoms with Gasteiger partial charge in [-0.2, -0.15) is 0 Å². The first-order valence-corrected chi connectivity index (χ1v) is 12.4. The van der Waals surface area contributed by atoms with Crippen LogP contribution in [0, 0.1) is 6.92 Å². The zero-order valence-corrected chi connectivity index (χ0v) is 19.8. The van der Waals surface area contributed by atoms with Crippen molar-refractivity contribution in [3.8, 4) is 11.4 Å². The van der Waals surface area contributed by atoms with Crippen LogP contribution in [-0.2, 0) is 11.2 Å². The summed E-state index contributed by atoms with van der Waals surface area (Å²) in [5, 5.41) is 1.24. The van der Waals surface area contributed by atoms with E-state index in [1.807, 2.05) is 36.1 Å². The van der Waals surface area contributed by atoms with Crippen molar-refractivity contribution in [2.75, 3.05) is 26.0 Å². The van der Waals surface area contributed by atoms with Gasteiger partial charge in [-0.25, -0.2) is 4.98 Å². The number of carbonyl (C=O) groups is 1. The molecule has 1 fully saturated rings. The second-order valence-corrected chi connectivity index (χ2v) is 9.72. The van der Waals surface area contributed by atoms with E-state index in [0.29, 0.717) is 10.5 Å². The lowest BCUT2D eigenvalue weighted by molar-refractivity contribution is -0.127. The van der Waals surface area contributed by atoms with Gasteiger partial charge in [0.25, 0.3) is 5.56 Å². The highest BCUT2D eigenvalue weighted by atomic mass is 32.2. The second-order valence-electron chi connectivity index (χ2n) is 7.69. The van der Waals surface area contributed by atoms with Gasteiger partial charge in [0.15, 0.2) is 5.16 Å². The molecular formula is C23H27N3O3S2. The third-order valence-corrected chi connectivity index (χ3v) is 7.79. The number of amides is 1. The number of fused-ring (bicyclic) bond motifs is 1. The molecule has 0 N–H and O–H groups in total. The number of ether oxygens (including phenoxy) is 1. The smallest absolute Gasteiger partial charge is 0.267 e. The zero-order chi connectivity index (χ0) is 22.0. The summed E-state index contributed by atoms with van der Waals surface area (Å²) < 4.78 is 6.90. The van der Waals surface area contributed by atoms with Gasteiger partial charge in [-0.1, -0.05) is 25.1 Å². The molecule has 0 atom stereocenters. The van der Waals surface area contributed by atoms with Crippen LogP contribution in [0.4, 0.5) is 0 Å². The quantitative estimate of drug-likeness (QED) is 0.388. The van der Waals surface area contributed by atoms with Crippen molar-refractivity contribution in [3.05, 3.63) is 45.1 Å². The molecule has 3 aromatic rings. The minimum atomic E-state index is -0.0811. The van der Waals surface area contributed by atoms with E-state index >= 15 is 0 Å². The SMILES string of the molecule is CCCc1sc2nc(SCC(=O)N3CCCC3)n(-c3ccc(OC)cc3)c(=O)c2c1C. The van der Waals surface area contributed by atoms with Gasteiger partial charge in [-0.15, -0.1) is 11.3 Å². The second kappa shape index (κ2) is 9.44. The van der Waals surface area contributed by atoms with Gasteiger partial charge >= 0.3 is 0 Å². The maximum absolute atomic E-state index is 13.6. The monoisotopic (exact) mass is 457 g/mol. The number of aromatic nitrogens is 2. The van der Waals surface area contributed by atoms with Gasteiger partial charge in [0, 0.05) is 18.0 Å².